The molecule has 0 aliphatic heterocycles. The van der Waals surface area contributed by atoms with E-state index in [9.17, 15) is 8.42 Å². The van der Waals surface area contributed by atoms with E-state index in [0.29, 0.717) is 6.54 Å². The van der Waals surface area contributed by atoms with E-state index in [4.69, 9.17) is 0 Å². The second-order valence-corrected chi connectivity index (χ2v) is 7.62. The lowest BCUT2D eigenvalue weighted by atomic mass is 10.0. The molecule has 1 atom stereocenters. The first-order chi connectivity index (χ1) is 8.98. The van der Waals surface area contributed by atoms with Crippen LogP contribution in [0.1, 0.15) is 24.8 Å². The first kappa shape index (κ1) is 14.8. The van der Waals surface area contributed by atoms with Gasteiger partial charge in [-0.25, -0.2) is 8.42 Å². The number of hydrogen-bond acceptors (Lipinski definition) is 2. The highest BCUT2D eigenvalue weighted by molar-refractivity contribution is 9.10. The minimum atomic E-state index is -3.22. The fourth-order valence-electron chi connectivity index (χ4n) is 2.31. The summed E-state index contributed by atoms with van der Waals surface area (Å²) in [6.07, 6.45) is 8.36. The zero-order valence-corrected chi connectivity index (χ0v) is 13.3. The Morgan fingerprint density at radius 3 is 2.68 bits per heavy atom. The lowest BCUT2D eigenvalue weighted by Crippen LogP contribution is -2.38. The van der Waals surface area contributed by atoms with Gasteiger partial charge < -0.3 is 0 Å². The molecule has 104 valence electrons. The summed E-state index contributed by atoms with van der Waals surface area (Å²) in [6, 6.07) is 7.73. The Labute approximate surface area is 123 Å². The molecule has 1 aromatic carbocycles. The van der Waals surface area contributed by atoms with Gasteiger partial charge in [-0.05, 0) is 30.9 Å². The molecule has 0 N–H and O–H groups in total. The van der Waals surface area contributed by atoms with Gasteiger partial charge in [0.2, 0.25) is 10.0 Å². The molecule has 2 rings (SSSR count). The zero-order valence-electron chi connectivity index (χ0n) is 10.9. The predicted molar refractivity (Wildman–Crippen MR) is 81.3 cm³/mol. The molecule has 0 spiro atoms. The maximum atomic E-state index is 12.0. The Morgan fingerprint density at radius 1 is 1.37 bits per heavy atom. The summed E-state index contributed by atoms with van der Waals surface area (Å²) in [4.78, 5) is 0. The minimum Gasteiger partial charge on any atom is -0.212 e. The number of halogens is 1. The van der Waals surface area contributed by atoms with Crippen LogP contribution in [-0.4, -0.2) is 25.0 Å². The van der Waals surface area contributed by atoms with Gasteiger partial charge in [-0.1, -0.05) is 46.3 Å². The van der Waals surface area contributed by atoms with Crippen LogP contribution < -0.4 is 0 Å². The molecule has 3 nitrogen and oxygen atoms in total. The van der Waals surface area contributed by atoms with E-state index in [-0.39, 0.29) is 6.04 Å². The lowest BCUT2D eigenvalue weighted by Gasteiger charge is -2.29. The van der Waals surface area contributed by atoms with Gasteiger partial charge in [-0.2, -0.15) is 4.31 Å². The molecule has 0 heterocycles. The van der Waals surface area contributed by atoms with E-state index >= 15 is 0 Å². The predicted octanol–water partition coefficient (Wildman–Crippen LogP) is 3.32. The first-order valence-electron chi connectivity index (χ1n) is 6.35. The summed E-state index contributed by atoms with van der Waals surface area (Å²) in [7, 11) is -3.22. The number of rotatable bonds is 4. The van der Waals surface area contributed by atoms with Crippen molar-refractivity contribution in [1.82, 2.24) is 4.31 Å². The molecule has 5 heteroatoms. The maximum Gasteiger partial charge on any atom is 0.212 e. The number of nitrogens with zero attached hydrogens (tertiary/aromatic N) is 1. The average Bonchev–Trinajstić information content (AvgIpc) is 2.37. The molecular formula is C14H18BrNO2S. The molecule has 0 fully saturated rings. The second kappa shape index (κ2) is 6.20. The second-order valence-electron chi connectivity index (χ2n) is 4.83. The van der Waals surface area contributed by atoms with E-state index in [2.05, 4.69) is 22.0 Å². The van der Waals surface area contributed by atoms with Gasteiger partial charge in [0, 0.05) is 17.1 Å². The lowest BCUT2D eigenvalue weighted by molar-refractivity contribution is 0.332. The third-order valence-corrected chi connectivity index (χ3v) is 5.33. The molecule has 1 aliphatic rings. The van der Waals surface area contributed by atoms with Gasteiger partial charge in [0.1, 0.15) is 0 Å². The third kappa shape index (κ3) is 3.91. The molecule has 19 heavy (non-hydrogen) atoms. The fraction of sp³-hybridized carbons (Fsp3) is 0.429. The Morgan fingerprint density at radius 2 is 2.11 bits per heavy atom. The number of sulfonamides is 1. The third-order valence-electron chi connectivity index (χ3n) is 3.31. The highest BCUT2D eigenvalue weighted by Crippen LogP contribution is 2.24. The van der Waals surface area contributed by atoms with Gasteiger partial charge in [-0.15, -0.1) is 0 Å². The molecule has 0 amide bonds. The maximum absolute atomic E-state index is 12.0. The van der Waals surface area contributed by atoms with Gasteiger partial charge >= 0.3 is 0 Å². The van der Waals surface area contributed by atoms with Crippen molar-refractivity contribution in [3.8, 4) is 0 Å². The number of benzene rings is 1. The van der Waals surface area contributed by atoms with E-state index < -0.39 is 10.0 Å². The molecule has 0 saturated carbocycles. The van der Waals surface area contributed by atoms with Crippen molar-refractivity contribution in [3.05, 3.63) is 46.5 Å². The Balaban J connectivity index is 2.27. The van der Waals surface area contributed by atoms with Crippen molar-refractivity contribution < 1.29 is 8.42 Å². The van der Waals surface area contributed by atoms with Crippen molar-refractivity contribution in [2.24, 2.45) is 0 Å². The van der Waals surface area contributed by atoms with E-state index in [0.717, 1.165) is 29.3 Å². The zero-order chi connectivity index (χ0) is 13.9. The summed E-state index contributed by atoms with van der Waals surface area (Å²) < 4.78 is 26.6. The molecule has 1 aromatic rings. The highest BCUT2D eigenvalue weighted by atomic mass is 79.9. The van der Waals surface area contributed by atoms with Crippen LogP contribution in [0, 0.1) is 0 Å². The molecule has 1 unspecified atom stereocenters. The van der Waals surface area contributed by atoms with Crippen molar-refractivity contribution in [2.75, 3.05) is 6.26 Å². The topological polar surface area (TPSA) is 37.4 Å². The van der Waals surface area contributed by atoms with Crippen molar-refractivity contribution in [1.29, 1.82) is 0 Å². The normalized spacial score (nSPS) is 19.8. The van der Waals surface area contributed by atoms with Crippen LogP contribution in [0.15, 0.2) is 40.9 Å². The summed E-state index contributed by atoms with van der Waals surface area (Å²) in [6.45, 7) is 0.412. The van der Waals surface area contributed by atoms with Crippen molar-refractivity contribution in [3.63, 3.8) is 0 Å². The molecule has 0 bridgehead atoms. The minimum absolute atomic E-state index is 0.0177. The van der Waals surface area contributed by atoms with Crippen LogP contribution in [-0.2, 0) is 16.6 Å². The van der Waals surface area contributed by atoms with Gasteiger partial charge in [0.05, 0.1) is 6.26 Å². The smallest absolute Gasteiger partial charge is 0.212 e. The standard InChI is InChI=1S/C14H18BrNO2S/c1-19(17,18)16(13-8-3-2-4-9-13)11-12-7-5-6-10-14(12)15/h3,5-8,10,13H,2,4,9,11H2,1H3. The first-order valence-corrected chi connectivity index (χ1v) is 8.99. The SMILES string of the molecule is CS(=O)(=O)N(Cc1ccccc1Br)C1C=CCCC1. The van der Waals surface area contributed by atoms with Crippen LogP contribution in [0.4, 0.5) is 0 Å². The highest BCUT2D eigenvalue weighted by Gasteiger charge is 2.26. The van der Waals surface area contributed by atoms with Gasteiger partial charge in [0.15, 0.2) is 0 Å². The van der Waals surface area contributed by atoms with Crippen molar-refractivity contribution in [2.45, 2.75) is 31.8 Å². The Hall–Kier alpha value is -0.650. The average molecular weight is 344 g/mol. The molecule has 0 radical (unpaired) electrons. The fourth-order valence-corrected chi connectivity index (χ4v) is 3.76. The van der Waals surface area contributed by atoms with Crippen LogP contribution >= 0.6 is 15.9 Å². The van der Waals surface area contributed by atoms with Crippen LogP contribution in [0.5, 0.6) is 0 Å². The molecular weight excluding hydrogens is 326 g/mol. The summed E-state index contributed by atoms with van der Waals surface area (Å²) >= 11 is 3.48. The van der Waals surface area contributed by atoms with E-state index in [1.165, 1.54) is 6.26 Å². The van der Waals surface area contributed by atoms with Crippen LogP contribution in [0.2, 0.25) is 0 Å². The van der Waals surface area contributed by atoms with Gasteiger partial charge in [-0.3, -0.25) is 0 Å². The van der Waals surface area contributed by atoms with Gasteiger partial charge in [0.25, 0.3) is 0 Å². The molecule has 0 saturated heterocycles. The van der Waals surface area contributed by atoms with E-state index in [1.807, 2.05) is 30.3 Å². The summed E-state index contributed by atoms with van der Waals surface area (Å²) in [5, 5.41) is 0. The monoisotopic (exact) mass is 343 g/mol. The van der Waals surface area contributed by atoms with Crippen molar-refractivity contribution >= 4 is 26.0 Å². The largest absolute Gasteiger partial charge is 0.212 e. The quantitative estimate of drug-likeness (QED) is 0.786. The number of allylic oxidation sites excluding steroid dienone is 1. The Bertz CT molecular complexity index is 569. The van der Waals surface area contributed by atoms with E-state index in [1.54, 1.807) is 4.31 Å². The van der Waals surface area contributed by atoms with Crippen LogP contribution in [0.25, 0.3) is 0 Å². The number of hydrogen-bond donors (Lipinski definition) is 0. The summed E-state index contributed by atoms with van der Waals surface area (Å²) in [5.41, 5.74) is 0.992. The summed E-state index contributed by atoms with van der Waals surface area (Å²) in [5.74, 6) is 0. The Kier molecular flexibility index (Phi) is 4.81. The molecule has 1 aliphatic carbocycles. The molecule has 0 aromatic heterocycles. The van der Waals surface area contributed by atoms with Crippen LogP contribution in [0.3, 0.4) is 0 Å².